The Hall–Kier alpha value is -3.03. The van der Waals surface area contributed by atoms with Gasteiger partial charge in [0.25, 0.3) is 5.91 Å². The second-order valence-corrected chi connectivity index (χ2v) is 8.34. The van der Waals surface area contributed by atoms with Crippen molar-refractivity contribution in [2.24, 2.45) is 11.8 Å². The first kappa shape index (κ1) is 18.0. The van der Waals surface area contributed by atoms with E-state index in [2.05, 4.69) is 34.2 Å². The number of fused-ring (bicyclic) bond motifs is 1. The van der Waals surface area contributed by atoms with Crippen LogP contribution in [-0.2, 0) is 0 Å². The van der Waals surface area contributed by atoms with Crippen LogP contribution in [0.5, 0.6) is 0 Å². The van der Waals surface area contributed by atoms with Crippen molar-refractivity contribution in [3.63, 3.8) is 0 Å². The van der Waals surface area contributed by atoms with E-state index >= 15 is 0 Å². The Morgan fingerprint density at radius 1 is 1.17 bits per heavy atom. The molecule has 8 heteroatoms. The van der Waals surface area contributed by atoms with Crippen LogP contribution in [0.2, 0.25) is 0 Å². The molecule has 0 radical (unpaired) electrons. The van der Waals surface area contributed by atoms with Gasteiger partial charge in [-0.2, -0.15) is 5.10 Å². The summed E-state index contributed by atoms with van der Waals surface area (Å²) in [5, 5.41) is 15.8. The molecular weight excluding hydrogens is 371 g/mol. The summed E-state index contributed by atoms with van der Waals surface area (Å²) in [5.74, 6) is 2.74. The van der Waals surface area contributed by atoms with Crippen LogP contribution in [0.4, 0.5) is 4.39 Å². The predicted octanol–water partition coefficient (Wildman–Crippen LogP) is 3.05. The fraction of sp³-hybridized carbons (Fsp3) is 0.429. The topological polar surface area (TPSA) is 79.7 Å². The number of nitrogens with zero attached hydrogens (tertiary/aromatic N) is 5. The summed E-state index contributed by atoms with van der Waals surface area (Å²) in [6.07, 6.45) is 0. The Labute approximate surface area is 167 Å². The molecule has 29 heavy (non-hydrogen) atoms. The summed E-state index contributed by atoms with van der Waals surface area (Å²) in [5.41, 5.74) is 2.31. The molecule has 1 amide bonds. The number of likely N-dealkylation sites (tertiary alicyclic amines) is 1. The molecule has 0 spiro atoms. The van der Waals surface area contributed by atoms with Crippen LogP contribution in [0.1, 0.15) is 53.5 Å². The van der Waals surface area contributed by atoms with Crippen molar-refractivity contribution in [1.82, 2.24) is 29.9 Å². The number of piperidine rings is 1. The Bertz CT molecular complexity index is 1060. The Balaban J connectivity index is 1.32. The summed E-state index contributed by atoms with van der Waals surface area (Å²) in [6, 6.07) is 8.23. The molecule has 1 aromatic carbocycles. The van der Waals surface area contributed by atoms with E-state index in [1.54, 1.807) is 12.1 Å². The van der Waals surface area contributed by atoms with Crippen LogP contribution in [0.25, 0.3) is 5.69 Å². The first-order valence-corrected chi connectivity index (χ1v) is 9.96. The molecule has 1 saturated heterocycles. The van der Waals surface area contributed by atoms with Gasteiger partial charge in [0.15, 0.2) is 0 Å². The molecule has 2 aromatic heterocycles. The van der Waals surface area contributed by atoms with Gasteiger partial charge in [0, 0.05) is 30.4 Å². The van der Waals surface area contributed by atoms with Crippen LogP contribution >= 0.6 is 0 Å². The fourth-order valence-corrected chi connectivity index (χ4v) is 4.48. The summed E-state index contributed by atoms with van der Waals surface area (Å²) < 4.78 is 15.3. The molecule has 2 aliphatic rings. The monoisotopic (exact) mass is 394 g/mol. The van der Waals surface area contributed by atoms with E-state index < -0.39 is 0 Å². The zero-order chi connectivity index (χ0) is 20.3. The predicted molar refractivity (Wildman–Crippen MR) is 104 cm³/mol. The van der Waals surface area contributed by atoms with Gasteiger partial charge < -0.3 is 4.90 Å². The van der Waals surface area contributed by atoms with E-state index in [1.807, 2.05) is 22.5 Å². The normalized spacial score (nSPS) is 22.9. The third-order valence-corrected chi connectivity index (χ3v) is 6.15. The Morgan fingerprint density at radius 2 is 1.86 bits per heavy atom. The van der Waals surface area contributed by atoms with Crippen LogP contribution in [0.3, 0.4) is 0 Å². The van der Waals surface area contributed by atoms with E-state index in [0.29, 0.717) is 36.5 Å². The Kier molecular flexibility index (Phi) is 4.04. The number of H-pyrrole nitrogens is 1. The van der Waals surface area contributed by atoms with E-state index in [1.165, 1.54) is 12.1 Å². The van der Waals surface area contributed by atoms with Gasteiger partial charge in [0.2, 0.25) is 0 Å². The van der Waals surface area contributed by atoms with Crippen LogP contribution in [0.15, 0.2) is 30.3 Å². The van der Waals surface area contributed by atoms with Gasteiger partial charge in [0.05, 0.1) is 0 Å². The molecule has 1 aliphatic carbocycles. The molecule has 0 bridgehead atoms. The number of nitrogens with one attached hydrogen (secondary N) is 1. The van der Waals surface area contributed by atoms with E-state index in [0.717, 1.165) is 23.0 Å². The third-order valence-electron chi connectivity index (χ3n) is 6.15. The highest BCUT2D eigenvalue weighted by Gasteiger charge is 2.59. The minimum Gasteiger partial charge on any atom is -0.337 e. The maximum absolute atomic E-state index is 13.3. The van der Waals surface area contributed by atoms with Crippen molar-refractivity contribution in [1.29, 1.82) is 0 Å². The number of carbonyl (C=O) groups excluding carboxylic acids is 1. The van der Waals surface area contributed by atoms with E-state index in [9.17, 15) is 9.18 Å². The first-order chi connectivity index (χ1) is 13.9. The number of hydrogen-bond acceptors (Lipinski definition) is 4. The molecule has 150 valence electrons. The summed E-state index contributed by atoms with van der Waals surface area (Å²) in [4.78, 5) is 14.7. The molecule has 7 nitrogen and oxygen atoms in total. The number of halogens is 1. The molecular formula is C21H23FN6O. The lowest BCUT2D eigenvalue weighted by atomic mass is 10.1. The number of amides is 1. The standard InChI is InChI=1S/C21H23FN6O/c1-11(2)17-8-18(25-24-17)21(29)27-9-15-16(10-27)19(15)20-26-23-12(3)28(20)14-6-4-13(22)5-7-14/h4-8,11,15-16,19H,9-10H2,1-3H3,(H,24,25). The zero-order valence-electron chi connectivity index (χ0n) is 16.6. The average molecular weight is 394 g/mol. The van der Waals surface area contributed by atoms with Crippen molar-refractivity contribution < 1.29 is 9.18 Å². The zero-order valence-corrected chi connectivity index (χ0v) is 16.6. The summed E-state index contributed by atoms with van der Waals surface area (Å²) in [7, 11) is 0. The highest BCUT2D eigenvalue weighted by atomic mass is 19.1. The number of rotatable bonds is 4. The lowest BCUT2D eigenvalue weighted by Crippen LogP contribution is -2.31. The number of carbonyl (C=O) groups is 1. The van der Waals surface area contributed by atoms with Crippen molar-refractivity contribution in [3.8, 4) is 5.69 Å². The Morgan fingerprint density at radius 3 is 2.48 bits per heavy atom. The number of benzene rings is 1. The number of aromatic nitrogens is 5. The molecule has 1 aliphatic heterocycles. The van der Waals surface area contributed by atoms with Crippen LogP contribution in [-0.4, -0.2) is 48.9 Å². The van der Waals surface area contributed by atoms with Crippen molar-refractivity contribution in [3.05, 3.63) is 59.2 Å². The smallest absolute Gasteiger partial charge is 0.274 e. The van der Waals surface area contributed by atoms with Gasteiger partial charge in [0.1, 0.15) is 23.2 Å². The third kappa shape index (κ3) is 2.94. The quantitative estimate of drug-likeness (QED) is 0.738. The fourth-order valence-electron chi connectivity index (χ4n) is 4.48. The maximum Gasteiger partial charge on any atom is 0.274 e. The molecule has 1 saturated carbocycles. The van der Waals surface area contributed by atoms with Gasteiger partial charge in [-0.25, -0.2) is 4.39 Å². The van der Waals surface area contributed by atoms with Gasteiger partial charge in [-0.1, -0.05) is 13.8 Å². The second-order valence-electron chi connectivity index (χ2n) is 8.34. The molecule has 2 atom stereocenters. The highest BCUT2D eigenvalue weighted by Crippen LogP contribution is 2.58. The van der Waals surface area contributed by atoms with Gasteiger partial charge in [-0.15, -0.1) is 10.2 Å². The number of aryl methyl sites for hydroxylation is 1. The van der Waals surface area contributed by atoms with E-state index in [-0.39, 0.29) is 17.6 Å². The van der Waals surface area contributed by atoms with Crippen LogP contribution < -0.4 is 0 Å². The van der Waals surface area contributed by atoms with Crippen molar-refractivity contribution in [2.45, 2.75) is 32.6 Å². The van der Waals surface area contributed by atoms with Crippen molar-refractivity contribution in [2.75, 3.05) is 13.1 Å². The first-order valence-electron chi connectivity index (χ1n) is 9.96. The largest absolute Gasteiger partial charge is 0.337 e. The molecule has 2 fully saturated rings. The molecule has 1 N–H and O–H groups in total. The molecule has 3 aromatic rings. The minimum atomic E-state index is -0.266. The van der Waals surface area contributed by atoms with Gasteiger partial charge in [-0.3, -0.25) is 14.5 Å². The highest BCUT2D eigenvalue weighted by molar-refractivity contribution is 5.92. The SMILES string of the molecule is Cc1nnc(C2C3CN(C(=O)c4cc(C(C)C)[nH]n4)CC32)n1-c1ccc(F)cc1. The van der Waals surface area contributed by atoms with E-state index in [4.69, 9.17) is 0 Å². The summed E-state index contributed by atoms with van der Waals surface area (Å²) in [6.45, 7) is 7.44. The molecule has 3 heterocycles. The van der Waals surface area contributed by atoms with Crippen molar-refractivity contribution >= 4 is 5.91 Å². The molecule has 5 rings (SSSR count). The summed E-state index contributed by atoms with van der Waals surface area (Å²) >= 11 is 0. The van der Waals surface area contributed by atoms with Gasteiger partial charge in [-0.05, 0) is 55.0 Å². The molecule has 2 unspecified atom stereocenters. The minimum absolute atomic E-state index is 0.0183. The lowest BCUT2D eigenvalue weighted by molar-refractivity contribution is 0.0766. The second kappa shape index (κ2) is 6.50. The number of aromatic amines is 1. The van der Waals surface area contributed by atoms with Gasteiger partial charge >= 0.3 is 0 Å². The number of hydrogen-bond donors (Lipinski definition) is 1. The van der Waals surface area contributed by atoms with Crippen LogP contribution in [0, 0.1) is 24.6 Å². The lowest BCUT2D eigenvalue weighted by Gasteiger charge is -2.19. The maximum atomic E-state index is 13.3. The average Bonchev–Trinajstić information content (AvgIpc) is 3.16.